The number of amides is 1. The van der Waals surface area contributed by atoms with E-state index >= 15 is 0 Å². The van der Waals surface area contributed by atoms with E-state index < -0.39 is 0 Å². The summed E-state index contributed by atoms with van der Waals surface area (Å²) in [6.45, 7) is 4.76. The summed E-state index contributed by atoms with van der Waals surface area (Å²) in [6.07, 6.45) is 1.58. The summed E-state index contributed by atoms with van der Waals surface area (Å²) in [6, 6.07) is 9.21. The maximum Gasteiger partial charge on any atom is 0.258 e. The number of anilines is 1. The number of furan rings is 1. The molecule has 6 heteroatoms. The normalized spacial score (nSPS) is 10.4. The van der Waals surface area contributed by atoms with Gasteiger partial charge in [0, 0.05) is 5.69 Å². The van der Waals surface area contributed by atoms with Crippen LogP contribution in [0.2, 0.25) is 0 Å². The Labute approximate surface area is 136 Å². The minimum Gasteiger partial charge on any atom is -0.467 e. The van der Waals surface area contributed by atoms with E-state index in [9.17, 15) is 4.79 Å². The molecule has 120 valence electrons. The van der Waals surface area contributed by atoms with Crippen LogP contribution in [0.1, 0.15) is 35.5 Å². The van der Waals surface area contributed by atoms with E-state index in [2.05, 4.69) is 5.32 Å². The SMILES string of the molecule is CC(C)OCc1cccc(NC(=O)c2coc(CN)c2)c1.Cl. The minimum atomic E-state index is -0.222. The van der Waals surface area contributed by atoms with Crippen molar-refractivity contribution in [1.29, 1.82) is 0 Å². The summed E-state index contributed by atoms with van der Waals surface area (Å²) in [7, 11) is 0. The average molecular weight is 325 g/mol. The largest absolute Gasteiger partial charge is 0.467 e. The van der Waals surface area contributed by atoms with Gasteiger partial charge in [0.1, 0.15) is 12.0 Å². The molecule has 0 radical (unpaired) electrons. The highest BCUT2D eigenvalue weighted by molar-refractivity contribution is 6.04. The Morgan fingerprint density at radius 1 is 1.36 bits per heavy atom. The van der Waals surface area contributed by atoms with Gasteiger partial charge in [-0.25, -0.2) is 0 Å². The molecular formula is C16H21ClN2O3. The molecule has 0 fully saturated rings. The third-order valence-corrected chi connectivity index (χ3v) is 2.89. The van der Waals surface area contributed by atoms with Crippen molar-refractivity contribution in [3.63, 3.8) is 0 Å². The molecule has 1 aromatic carbocycles. The van der Waals surface area contributed by atoms with Crippen molar-refractivity contribution < 1.29 is 13.9 Å². The predicted octanol–water partition coefficient (Wildman–Crippen LogP) is 3.34. The van der Waals surface area contributed by atoms with Gasteiger partial charge in [-0.3, -0.25) is 4.79 Å². The van der Waals surface area contributed by atoms with Crippen LogP contribution < -0.4 is 11.1 Å². The number of hydrogen-bond acceptors (Lipinski definition) is 4. The van der Waals surface area contributed by atoms with Gasteiger partial charge in [0.25, 0.3) is 5.91 Å². The fourth-order valence-electron chi connectivity index (χ4n) is 1.81. The quantitative estimate of drug-likeness (QED) is 0.854. The van der Waals surface area contributed by atoms with Gasteiger partial charge in [0.05, 0.1) is 24.8 Å². The van der Waals surface area contributed by atoms with E-state index in [-0.39, 0.29) is 31.0 Å². The number of halogens is 1. The topological polar surface area (TPSA) is 77.5 Å². The lowest BCUT2D eigenvalue weighted by Gasteiger charge is -2.09. The van der Waals surface area contributed by atoms with E-state index in [0.29, 0.717) is 17.9 Å². The number of carbonyl (C=O) groups is 1. The van der Waals surface area contributed by atoms with Crippen LogP contribution in [0.4, 0.5) is 5.69 Å². The number of nitrogens with two attached hydrogens (primary N) is 1. The molecule has 3 N–H and O–H groups in total. The lowest BCUT2D eigenvalue weighted by atomic mass is 10.2. The Bertz CT molecular complexity index is 611. The molecule has 0 atom stereocenters. The van der Waals surface area contributed by atoms with Crippen LogP contribution in [0.15, 0.2) is 41.0 Å². The Morgan fingerprint density at radius 3 is 2.77 bits per heavy atom. The van der Waals surface area contributed by atoms with Crippen molar-refractivity contribution in [1.82, 2.24) is 0 Å². The molecule has 0 aliphatic rings. The van der Waals surface area contributed by atoms with Crippen LogP contribution in [0.25, 0.3) is 0 Å². The van der Waals surface area contributed by atoms with Crippen molar-refractivity contribution in [2.45, 2.75) is 33.1 Å². The molecular weight excluding hydrogens is 304 g/mol. The molecule has 1 heterocycles. The van der Waals surface area contributed by atoms with Gasteiger partial charge in [-0.1, -0.05) is 12.1 Å². The second kappa shape index (κ2) is 8.58. The third-order valence-electron chi connectivity index (χ3n) is 2.89. The van der Waals surface area contributed by atoms with E-state index in [4.69, 9.17) is 14.9 Å². The molecule has 5 nitrogen and oxygen atoms in total. The molecule has 2 aromatic rings. The Hall–Kier alpha value is -1.82. The predicted molar refractivity (Wildman–Crippen MR) is 88.2 cm³/mol. The number of carbonyl (C=O) groups excluding carboxylic acids is 1. The first-order chi connectivity index (χ1) is 10.1. The maximum absolute atomic E-state index is 12.1. The summed E-state index contributed by atoms with van der Waals surface area (Å²) in [4.78, 5) is 12.1. The Balaban J connectivity index is 0.00000242. The lowest BCUT2D eigenvalue weighted by molar-refractivity contribution is 0.0657. The number of ether oxygens (including phenoxy) is 1. The lowest BCUT2D eigenvalue weighted by Crippen LogP contribution is -2.11. The van der Waals surface area contributed by atoms with E-state index in [1.807, 2.05) is 38.1 Å². The molecule has 0 bridgehead atoms. The zero-order valence-corrected chi connectivity index (χ0v) is 13.5. The smallest absolute Gasteiger partial charge is 0.258 e. The third kappa shape index (κ3) is 5.18. The summed E-state index contributed by atoms with van der Waals surface area (Å²) in [5.41, 5.74) is 7.64. The molecule has 1 amide bonds. The molecule has 0 saturated heterocycles. The zero-order chi connectivity index (χ0) is 15.2. The minimum absolute atomic E-state index is 0. The van der Waals surface area contributed by atoms with E-state index in [0.717, 1.165) is 11.3 Å². The number of rotatable bonds is 6. The van der Waals surface area contributed by atoms with Crippen LogP contribution in [-0.4, -0.2) is 12.0 Å². The molecule has 0 aliphatic heterocycles. The molecule has 1 aromatic heterocycles. The van der Waals surface area contributed by atoms with Gasteiger partial charge in [-0.15, -0.1) is 12.4 Å². The first-order valence-electron chi connectivity index (χ1n) is 6.88. The summed E-state index contributed by atoms with van der Waals surface area (Å²) in [5, 5.41) is 2.83. The Morgan fingerprint density at radius 2 is 2.14 bits per heavy atom. The molecule has 0 aliphatic carbocycles. The highest BCUT2D eigenvalue weighted by Gasteiger charge is 2.10. The van der Waals surface area contributed by atoms with E-state index in [1.54, 1.807) is 6.07 Å². The second-order valence-corrected chi connectivity index (χ2v) is 5.02. The van der Waals surface area contributed by atoms with Gasteiger partial charge in [-0.2, -0.15) is 0 Å². The zero-order valence-electron chi connectivity index (χ0n) is 12.7. The molecule has 0 unspecified atom stereocenters. The van der Waals surface area contributed by atoms with Crippen LogP contribution in [0.3, 0.4) is 0 Å². The number of nitrogens with one attached hydrogen (secondary N) is 1. The summed E-state index contributed by atoms with van der Waals surface area (Å²) < 4.78 is 10.7. The average Bonchev–Trinajstić information content (AvgIpc) is 2.94. The molecule has 2 rings (SSSR count). The fourth-order valence-corrected chi connectivity index (χ4v) is 1.81. The number of hydrogen-bond donors (Lipinski definition) is 2. The monoisotopic (exact) mass is 324 g/mol. The Kier molecular flexibility index (Phi) is 7.11. The molecule has 0 spiro atoms. The van der Waals surface area contributed by atoms with Crippen molar-refractivity contribution >= 4 is 24.0 Å². The van der Waals surface area contributed by atoms with Crippen LogP contribution >= 0.6 is 12.4 Å². The van der Waals surface area contributed by atoms with Crippen LogP contribution in [0, 0.1) is 0 Å². The van der Waals surface area contributed by atoms with E-state index in [1.165, 1.54) is 6.26 Å². The van der Waals surface area contributed by atoms with Gasteiger partial charge in [0.2, 0.25) is 0 Å². The first kappa shape index (κ1) is 18.2. The van der Waals surface area contributed by atoms with Crippen molar-refractivity contribution in [3.8, 4) is 0 Å². The van der Waals surface area contributed by atoms with Crippen LogP contribution in [-0.2, 0) is 17.9 Å². The maximum atomic E-state index is 12.1. The highest BCUT2D eigenvalue weighted by atomic mass is 35.5. The first-order valence-corrected chi connectivity index (χ1v) is 6.88. The van der Waals surface area contributed by atoms with Gasteiger partial charge >= 0.3 is 0 Å². The molecule has 22 heavy (non-hydrogen) atoms. The summed E-state index contributed by atoms with van der Waals surface area (Å²) in [5.74, 6) is 0.361. The second-order valence-electron chi connectivity index (χ2n) is 5.02. The molecule has 0 saturated carbocycles. The van der Waals surface area contributed by atoms with Gasteiger partial charge in [-0.05, 0) is 37.6 Å². The van der Waals surface area contributed by atoms with Gasteiger partial charge < -0.3 is 20.2 Å². The highest BCUT2D eigenvalue weighted by Crippen LogP contribution is 2.15. The van der Waals surface area contributed by atoms with Crippen molar-refractivity contribution in [2.75, 3.05) is 5.32 Å². The van der Waals surface area contributed by atoms with Crippen molar-refractivity contribution in [3.05, 3.63) is 53.5 Å². The van der Waals surface area contributed by atoms with Crippen molar-refractivity contribution in [2.24, 2.45) is 5.73 Å². The van der Waals surface area contributed by atoms with Gasteiger partial charge in [0.15, 0.2) is 0 Å². The standard InChI is InChI=1S/C16H20N2O3.ClH/c1-11(2)20-9-12-4-3-5-14(6-12)18-16(19)13-7-15(8-17)21-10-13;/h3-7,10-11H,8-9,17H2,1-2H3,(H,18,19);1H. The fraction of sp³-hybridized carbons (Fsp3) is 0.312. The number of benzene rings is 1. The summed E-state index contributed by atoms with van der Waals surface area (Å²) >= 11 is 0. The van der Waals surface area contributed by atoms with Crippen LogP contribution in [0.5, 0.6) is 0 Å².